The number of amides is 1. The lowest BCUT2D eigenvalue weighted by atomic mass is 9.97. The Morgan fingerprint density at radius 2 is 1.81 bits per heavy atom. The van der Waals surface area contributed by atoms with Crippen molar-refractivity contribution >= 4 is 46.9 Å². The van der Waals surface area contributed by atoms with Gasteiger partial charge in [-0.1, -0.05) is 35.9 Å². The molecule has 1 aliphatic heterocycles. The fourth-order valence-corrected chi connectivity index (χ4v) is 6.32. The molecule has 1 unspecified atom stereocenters. The highest BCUT2D eigenvalue weighted by Gasteiger charge is 2.24. The summed E-state index contributed by atoms with van der Waals surface area (Å²) >= 11 is 9.28. The van der Waals surface area contributed by atoms with Gasteiger partial charge in [-0.25, -0.2) is 8.78 Å². The maximum absolute atomic E-state index is 14.9. The van der Waals surface area contributed by atoms with Crippen LogP contribution in [0.1, 0.15) is 36.9 Å². The van der Waals surface area contributed by atoms with Gasteiger partial charge < -0.3 is 9.21 Å². The van der Waals surface area contributed by atoms with Crippen LogP contribution in [0, 0.1) is 11.6 Å². The second kappa shape index (κ2) is 12.8. The smallest absolute Gasteiger partial charge is 0.222 e. The van der Waals surface area contributed by atoms with Gasteiger partial charge in [-0.05, 0) is 79.2 Å². The molecule has 190 valence electrons. The SMILES string of the molecule is CC(c1ccccc1CCCC(=O)N1CCSCC1)N(Sc1ccc(Cl)cc1)c1cc(F)ccc1F. The highest BCUT2D eigenvalue weighted by molar-refractivity contribution is 8.00. The molecule has 0 aliphatic carbocycles. The van der Waals surface area contributed by atoms with E-state index in [1.54, 1.807) is 16.4 Å². The van der Waals surface area contributed by atoms with Gasteiger partial charge in [-0.15, -0.1) is 0 Å². The Morgan fingerprint density at radius 3 is 2.56 bits per heavy atom. The van der Waals surface area contributed by atoms with E-state index in [9.17, 15) is 13.6 Å². The molecule has 0 radical (unpaired) electrons. The van der Waals surface area contributed by atoms with Gasteiger partial charge >= 0.3 is 0 Å². The Bertz CT molecular complexity index is 1170. The molecule has 1 atom stereocenters. The number of carbonyl (C=O) groups excluding carboxylic acids is 1. The maximum atomic E-state index is 14.9. The number of rotatable bonds is 9. The summed E-state index contributed by atoms with van der Waals surface area (Å²) in [7, 11) is 0. The lowest BCUT2D eigenvalue weighted by Crippen LogP contribution is -2.37. The van der Waals surface area contributed by atoms with E-state index in [4.69, 9.17) is 11.6 Å². The Labute approximate surface area is 225 Å². The van der Waals surface area contributed by atoms with Crippen molar-refractivity contribution in [2.75, 3.05) is 28.9 Å². The lowest BCUT2D eigenvalue weighted by Gasteiger charge is -2.32. The molecule has 0 spiro atoms. The predicted octanol–water partition coefficient (Wildman–Crippen LogP) is 7.79. The first-order valence-electron chi connectivity index (χ1n) is 12.0. The third kappa shape index (κ3) is 6.96. The molecule has 1 fully saturated rings. The van der Waals surface area contributed by atoms with Gasteiger partial charge in [0.25, 0.3) is 0 Å². The molecule has 0 aromatic heterocycles. The molecule has 1 heterocycles. The molecular formula is C28H29ClF2N2OS2. The standard InChI is InChI=1S/C28H29ClF2N2OS2/c1-20(25-7-3-2-5-21(25)6-4-8-28(34)32-15-17-35-18-16-32)33(27-19-23(30)11-14-26(27)31)36-24-12-9-22(29)10-13-24/h2-3,5,7,9-14,19-20H,4,6,8,15-18H2,1H3. The Hall–Kier alpha value is -2.22. The van der Waals surface area contributed by atoms with Crippen LogP contribution >= 0.6 is 35.3 Å². The number of hydrogen-bond acceptors (Lipinski definition) is 4. The van der Waals surface area contributed by atoms with E-state index >= 15 is 0 Å². The molecule has 0 N–H and O–H groups in total. The van der Waals surface area contributed by atoms with Crippen LogP contribution in [-0.4, -0.2) is 35.4 Å². The molecule has 1 saturated heterocycles. The molecule has 3 aromatic rings. The lowest BCUT2D eigenvalue weighted by molar-refractivity contribution is -0.130. The number of thioether (sulfide) groups is 1. The van der Waals surface area contributed by atoms with E-state index in [1.165, 1.54) is 18.0 Å². The van der Waals surface area contributed by atoms with Crippen molar-refractivity contribution in [1.29, 1.82) is 0 Å². The van der Waals surface area contributed by atoms with Gasteiger partial charge in [0.1, 0.15) is 11.6 Å². The molecule has 3 aromatic carbocycles. The van der Waals surface area contributed by atoms with E-state index in [1.807, 2.05) is 53.9 Å². The zero-order valence-corrected chi connectivity index (χ0v) is 22.5. The summed E-state index contributed by atoms with van der Waals surface area (Å²) in [6.45, 7) is 3.64. The van der Waals surface area contributed by atoms with Crippen LogP contribution in [-0.2, 0) is 11.2 Å². The van der Waals surface area contributed by atoms with Crippen LogP contribution < -0.4 is 4.31 Å². The summed E-state index contributed by atoms with van der Waals surface area (Å²) in [4.78, 5) is 15.4. The zero-order chi connectivity index (χ0) is 25.5. The normalized spacial score (nSPS) is 14.5. The van der Waals surface area contributed by atoms with Crippen LogP contribution in [0.2, 0.25) is 5.02 Å². The molecular weight excluding hydrogens is 518 g/mol. The van der Waals surface area contributed by atoms with E-state index in [2.05, 4.69) is 6.07 Å². The number of aryl methyl sites for hydroxylation is 1. The van der Waals surface area contributed by atoms with Crippen molar-refractivity contribution in [2.45, 2.75) is 37.1 Å². The van der Waals surface area contributed by atoms with Crippen LogP contribution in [0.3, 0.4) is 0 Å². The molecule has 0 bridgehead atoms. The molecule has 8 heteroatoms. The second-order valence-corrected chi connectivity index (χ2v) is 11.4. The molecule has 4 rings (SSSR count). The largest absolute Gasteiger partial charge is 0.341 e. The van der Waals surface area contributed by atoms with E-state index in [0.717, 1.165) is 65.6 Å². The summed E-state index contributed by atoms with van der Waals surface area (Å²) in [5, 5.41) is 0.610. The van der Waals surface area contributed by atoms with Gasteiger partial charge in [0.15, 0.2) is 0 Å². The van der Waals surface area contributed by atoms with Crippen molar-refractivity contribution in [1.82, 2.24) is 4.90 Å². The molecule has 1 amide bonds. The van der Waals surface area contributed by atoms with Crippen molar-refractivity contribution < 1.29 is 13.6 Å². The molecule has 36 heavy (non-hydrogen) atoms. The fraction of sp³-hybridized carbons (Fsp3) is 0.321. The van der Waals surface area contributed by atoms with E-state index in [-0.39, 0.29) is 17.6 Å². The number of benzene rings is 3. The first-order valence-corrected chi connectivity index (χ1v) is 14.3. The quantitative estimate of drug-likeness (QED) is 0.255. The van der Waals surface area contributed by atoms with Gasteiger partial charge in [0.2, 0.25) is 5.91 Å². The summed E-state index contributed by atoms with van der Waals surface area (Å²) in [5.74, 6) is 1.23. The number of anilines is 1. The van der Waals surface area contributed by atoms with Crippen molar-refractivity contribution in [2.24, 2.45) is 0 Å². The first-order chi connectivity index (χ1) is 17.4. The zero-order valence-electron chi connectivity index (χ0n) is 20.1. The third-order valence-electron chi connectivity index (χ3n) is 6.22. The van der Waals surface area contributed by atoms with Crippen molar-refractivity contribution in [3.8, 4) is 0 Å². The summed E-state index contributed by atoms with van der Waals surface area (Å²) in [6, 6.07) is 18.5. The summed E-state index contributed by atoms with van der Waals surface area (Å²) in [5.41, 5.74) is 2.30. The topological polar surface area (TPSA) is 23.6 Å². The van der Waals surface area contributed by atoms with Gasteiger partial charge in [0, 0.05) is 47.0 Å². The fourth-order valence-electron chi connectivity index (χ4n) is 4.30. The van der Waals surface area contributed by atoms with Crippen molar-refractivity contribution in [3.05, 3.63) is 94.5 Å². The van der Waals surface area contributed by atoms with Crippen LogP contribution in [0.4, 0.5) is 14.5 Å². The number of halogens is 3. The first kappa shape index (κ1) is 26.8. The van der Waals surface area contributed by atoms with Gasteiger partial charge in [0.05, 0.1) is 11.7 Å². The van der Waals surface area contributed by atoms with Gasteiger partial charge in [-0.3, -0.25) is 4.79 Å². The Balaban J connectivity index is 1.55. The predicted molar refractivity (Wildman–Crippen MR) is 148 cm³/mol. The third-order valence-corrected chi connectivity index (χ3v) is 8.61. The Morgan fingerprint density at radius 1 is 1.08 bits per heavy atom. The molecule has 0 saturated carbocycles. The minimum Gasteiger partial charge on any atom is -0.341 e. The second-order valence-electron chi connectivity index (χ2n) is 8.69. The number of nitrogens with zero attached hydrogens (tertiary/aromatic N) is 2. The van der Waals surface area contributed by atoms with Crippen LogP contribution in [0.5, 0.6) is 0 Å². The van der Waals surface area contributed by atoms with Crippen LogP contribution in [0.15, 0.2) is 71.6 Å². The minimum atomic E-state index is -0.497. The molecule has 3 nitrogen and oxygen atoms in total. The van der Waals surface area contributed by atoms with Crippen molar-refractivity contribution in [3.63, 3.8) is 0 Å². The van der Waals surface area contributed by atoms with E-state index < -0.39 is 11.6 Å². The molecule has 1 aliphatic rings. The highest BCUT2D eigenvalue weighted by Crippen LogP contribution is 2.40. The number of carbonyl (C=O) groups is 1. The van der Waals surface area contributed by atoms with Gasteiger partial charge in [-0.2, -0.15) is 11.8 Å². The monoisotopic (exact) mass is 546 g/mol. The van der Waals surface area contributed by atoms with E-state index in [0.29, 0.717) is 11.4 Å². The Kier molecular flexibility index (Phi) is 9.57. The average Bonchev–Trinajstić information content (AvgIpc) is 2.90. The maximum Gasteiger partial charge on any atom is 0.222 e. The minimum absolute atomic E-state index is 0.176. The number of hydrogen-bond donors (Lipinski definition) is 0. The summed E-state index contributed by atoms with van der Waals surface area (Å²) in [6.07, 6.45) is 1.99. The summed E-state index contributed by atoms with van der Waals surface area (Å²) < 4.78 is 30.9. The highest BCUT2D eigenvalue weighted by atomic mass is 35.5. The average molecular weight is 547 g/mol. The van der Waals surface area contributed by atoms with Crippen LogP contribution in [0.25, 0.3) is 0 Å².